The monoisotopic (exact) mass is 285 g/mol. The number of nitrogens with two attached hydrogens (primary N) is 1. The highest BCUT2D eigenvalue weighted by Crippen LogP contribution is 2.13. The molecule has 0 saturated carbocycles. The van der Waals surface area contributed by atoms with Gasteiger partial charge in [0.2, 0.25) is 5.90 Å². The van der Waals surface area contributed by atoms with Crippen LogP contribution in [0.2, 0.25) is 0 Å². The molecule has 0 spiro atoms. The quantitative estimate of drug-likeness (QED) is 0.248. The van der Waals surface area contributed by atoms with E-state index >= 15 is 0 Å². The fourth-order valence-corrected chi connectivity index (χ4v) is 2.38. The fraction of sp³-hybridized carbons (Fsp3) is 0.786. The van der Waals surface area contributed by atoms with Crippen LogP contribution in [0, 0.1) is 0 Å². The third-order valence-corrected chi connectivity index (χ3v) is 3.58. The van der Waals surface area contributed by atoms with Crippen LogP contribution in [0.4, 0.5) is 0 Å². The maximum Gasteiger partial charge on any atom is 0.216 e. The lowest BCUT2D eigenvalue weighted by molar-refractivity contribution is 0.279. The highest BCUT2D eigenvalue weighted by Gasteiger charge is 2.20. The molecule has 0 aromatic heterocycles. The summed E-state index contributed by atoms with van der Waals surface area (Å²) < 4.78 is 9.59. The molecule has 5 heteroatoms. The lowest BCUT2D eigenvalue weighted by atomic mass is 10.0. The second kappa shape index (κ2) is 9.39. The molecule has 0 aromatic carbocycles. The van der Waals surface area contributed by atoms with Crippen molar-refractivity contribution >= 4 is 18.7 Å². The number of unbranched alkanes of at least 4 members (excludes halogenated alkanes) is 3. The zero-order chi connectivity index (χ0) is 14.1. The number of hydrogen-bond donors (Lipinski definition) is 2. The molecule has 110 valence electrons. The van der Waals surface area contributed by atoms with Gasteiger partial charge in [-0.3, -0.25) is 0 Å². The number of rotatable bonds is 7. The van der Waals surface area contributed by atoms with Gasteiger partial charge in [0.05, 0.1) is 6.61 Å². The lowest BCUT2D eigenvalue weighted by Crippen LogP contribution is -2.40. The molecule has 1 unspecified atom stereocenters. The van der Waals surface area contributed by atoms with E-state index in [0.717, 1.165) is 25.9 Å². The van der Waals surface area contributed by atoms with E-state index in [1.165, 1.54) is 24.8 Å². The van der Waals surface area contributed by atoms with E-state index in [1.807, 2.05) is 0 Å². The van der Waals surface area contributed by atoms with Crippen LogP contribution < -0.4 is 5.73 Å². The Balaban J connectivity index is 2.39. The molecule has 0 aliphatic carbocycles. The summed E-state index contributed by atoms with van der Waals surface area (Å²) in [5.74, 6) is 0.543. The predicted octanol–water partition coefficient (Wildman–Crippen LogP) is 2.42. The van der Waals surface area contributed by atoms with Crippen molar-refractivity contribution in [3.63, 3.8) is 0 Å². The molecule has 1 atom stereocenters. The Morgan fingerprint density at radius 2 is 2.32 bits per heavy atom. The minimum atomic E-state index is -0.258. The molecular formula is C14H27N3OS. The Hall–Kier alpha value is -0.520. The summed E-state index contributed by atoms with van der Waals surface area (Å²) in [6.07, 6.45) is 7.95. The van der Waals surface area contributed by atoms with Crippen molar-refractivity contribution in [1.82, 2.24) is 4.90 Å². The van der Waals surface area contributed by atoms with Gasteiger partial charge in [-0.05, 0) is 38.3 Å². The average molecular weight is 285 g/mol. The van der Waals surface area contributed by atoms with Crippen molar-refractivity contribution in [1.29, 1.82) is 0 Å². The Kier molecular flexibility index (Phi) is 8.18. The van der Waals surface area contributed by atoms with Gasteiger partial charge in [-0.1, -0.05) is 32.3 Å². The summed E-state index contributed by atoms with van der Waals surface area (Å²) in [6.45, 7) is 4.84. The second-order valence-electron chi connectivity index (χ2n) is 5.13. The van der Waals surface area contributed by atoms with Gasteiger partial charge in [-0.25, -0.2) is 0 Å². The Morgan fingerprint density at radius 1 is 1.53 bits per heavy atom. The summed E-state index contributed by atoms with van der Waals surface area (Å²) >= 11 is 3.98. The van der Waals surface area contributed by atoms with Crippen molar-refractivity contribution in [2.75, 3.05) is 26.7 Å². The second-order valence-corrected chi connectivity index (χ2v) is 5.33. The van der Waals surface area contributed by atoms with Gasteiger partial charge >= 0.3 is 0 Å². The molecule has 2 N–H and O–H groups in total. The standard InChI is InChI=1S/C14H27N3OS/c1-3-4-5-6-10-18-14(16-19)13(15)12-8-7-9-17(2)11-12/h8,13,19H,3-7,9-11,15H2,1-2H3/b16-14+. The molecule has 1 aliphatic heterocycles. The fourth-order valence-electron chi connectivity index (χ4n) is 2.20. The molecule has 0 bridgehead atoms. The van der Waals surface area contributed by atoms with E-state index in [-0.39, 0.29) is 6.04 Å². The van der Waals surface area contributed by atoms with Crippen LogP contribution in [0.5, 0.6) is 0 Å². The van der Waals surface area contributed by atoms with Crippen molar-refractivity contribution in [2.24, 2.45) is 10.1 Å². The van der Waals surface area contributed by atoms with E-state index in [0.29, 0.717) is 12.5 Å². The Labute approximate surface area is 122 Å². The van der Waals surface area contributed by atoms with Gasteiger partial charge in [-0.15, -0.1) is 0 Å². The smallest absolute Gasteiger partial charge is 0.216 e. The Bertz CT molecular complexity index is 318. The topological polar surface area (TPSA) is 50.9 Å². The van der Waals surface area contributed by atoms with Crippen LogP contribution in [0.3, 0.4) is 0 Å². The summed E-state index contributed by atoms with van der Waals surface area (Å²) in [4.78, 5) is 2.26. The third-order valence-electron chi connectivity index (χ3n) is 3.38. The summed E-state index contributed by atoms with van der Waals surface area (Å²) in [7, 11) is 2.10. The first-order chi connectivity index (χ1) is 9.19. The molecule has 19 heavy (non-hydrogen) atoms. The normalized spacial score (nSPS) is 19.2. The number of hydrogen-bond acceptors (Lipinski definition) is 5. The molecule has 0 aromatic rings. The van der Waals surface area contributed by atoms with Crippen LogP contribution in [0.1, 0.15) is 39.0 Å². The number of likely N-dealkylation sites (N-methyl/N-ethyl adjacent to an activating group) is 1. The molecule has 0 radical (unpaired) electrons. The first-order valence-electron chi connectivity index (χ1n) is 7.16. The Morgan fingerprint density at radius 3 is 2.95 bits per heavy atom. The zero-order valence-corrected chi connectivity index (χ0v) is 13.0. The van der Waals surface area contributed by atoms with Crippen LogP contribution in [0.25, 0.3) is 0 Å². The van der Waals surface area contributed by atoms with Crippen LogP contribution >= 0.6 is 12.8 Å². The van der Waals surface area contributed by atoms with Gasteiger partial charge in [0.1, 0.15) is 6.04 Å². The van der Waals surface area contributed by atoms with Crippen LogP contribution in [-0.2, 0) is 4.74 Å². The number of ether oxygens (including phenoxy) is 1. The molecule has 0 saturated heterocycles. The largest absolute Gasteiger partial charge is 0.479 e. The van der Waals surface area contributed by atoms with Crippen molar-refractivity contribution in [3.05, 3.63) is 11.6 Å². The molecule has 1 aliphatic rings. The maximum absolute atomic E-state index is 6.21. The number of nitrogens with zero attached hydrogens (tertiary/aromatic N) is 2. The summed E-state index contributed by atoms with van der Waals surface area (Å²) in [5, 5.41) is 0. The van der Waals surface area contributed by atoms with Crippen molar-refractivity contribution in [3.8, 4) is 0 Å². The first kappa shape index (κ1) is 16.5. The van der Waals surface area contributed by atoms with Crippen LogP contribution in [-0.4, -0.2) is 43.6 Å². The summed E-state index contributed by atoms with van der Waals surface area (Å²) in [5.41, 5.74) is 7.38. The molecule has 4 nitrogen and oxygen atoms in total. The maximum atomic E-state index is 6.21. The third kappa shape index (κ3) is 5.97. The van der Waals surface area contributed by atoms with Crippen molar-refractivity contribution < 1.29 is 4.74 Å². The SMILES string of the molecule is CCCCCCO/C(=N/S)C(N)C1=CCCN(C)C1. The molecule has 0 amide bonds. The average Bonchev–Trinajstić information content (AvgIpc) is 2.42. The predicted molar refractivity (Wildman–Crippen MR) is 84.7 cm³/mol. The lowest BCUT2D eigenvalue weighted by Gasteiger charge is -2.26. The van der Waals surface area contributed by atoms with E-state index in [9.17, 15) is 0 Å². The molecule has 0 fully saturated rings. The van der Waals surface area contributed by atoms with E-state index in [2.05, 4.69) is 42.2 Å². The van der Waals surface area contributed by atoms with E-state index in [1.54, 1.807) is 0 Å². The van der Waals surface area contributed by atoms with Crippen LogP contribution in [0.15, 0.2) is 16.0 Å². The highest BCUT2D eigenvalue weighted by atomic mass is 32.1. The van der Waals surface area contributed by atoms with Crippen molar-refractivity contribution in [2.45, 2.75) is 45.1 Å². The number of thiol groups is 1. The zero-order valence-electron chi connectivity index (χ0n) is 12.1. The minimum absolute atomic E-state index is 0.258. The highest BCUT2D eigenvalue weighted by molar-refractivity contribution is 7.79. The van der Waals surface area contributed by atoms with Gasteiger partial charge in [0, 0.05) is 13.1 Å². The minimum Gasteiger partial charge on any atom is -0.479 e. The van der Waals surface area contributed by atoms with Gasteiger partial charge < -0.3 is 15.4 Å². The van der Waals surface area contributed by atoms with Gasteiger partial charge in [-0.2, -0.15) is 4.40 Å². The van der Waals surface area contributed by atoms with E-state index < -0.39 is 0 Å². The molecule has 1 rings (SSSR count). The van der Waals surface area contributed by atoms with Gasteiger partial charge in [0.25, 0.3) is 0 Å². The first-order valence-corrected chi connectivity index (χ1v) is 7.56. The molecular weight excluding hydrogens is 258 g/mol. The molecule has 1 heterocycles. The summed E-state index contributed by atoms with van der Waals surface area (Å²) in [6, 6.07) is -0.258. The van der Waals surface area contributed by atoms with Gasteiger partial charge in [0.15, 0.2) is 0 Å². The van der Waals surface area contributed by atoms with E-state index in [4.69, 9.17) is 10.5 Å².